The van der Waals surface area contributed by atoms with E-state index in [2.05, 4.69) is 15.9 Å². The summed E-state index contributed by atoms with van der Waals surface area (Å²) in [6.45, 7) is -0.0748. The van der Waals surface area contributed by atoms with Crippen molar-refractivity contribution in [3.05, 3.63) is 32.2 Å². The molecule has 0 unspecified atom stereocenters. The van der Waals surface area contributed by atoms with Crippen LogP contribution in [-0.4, -0.2) is 5.11 Å². The number of hydrogen-bond donors (Lipinski definition) is 1. The van der Waals surface area contributed by atoms with Gasteiger partial charge in [-0.05, 0) is 27.6 Å². The van der Waals surface area contributed by atoms with Crippen LogP contribution in [0.5, 0.6) is 0 Å². The van der Waals surface area contributed by atoms with Gasteiger partial charge in [0.15, 0.2) is 0 Å². The van der Waals surface area contributed by atoms with E-state index in [1.807, 2.05) is 0 Å². The van der Waals surface area contributed by atoms with E-state index in [9.17, 15) is 0 Å². The minimum atomic E-state index is -0.0748. The zero-order valence-corrected chi connectivity index (χ0v) is 8.54. The number of hydrogen-bond acceptors (Lipinski definition) is 1. The first-order valence-electron chi connectivity index (χ1n) is 2.90. The third-order valence-electron chi connectivity index (χ3n) is 1.29. The molecule has 1 N–H and O–H groups in total. The fourth-order valence-corrected chi connectivity index (χ4v) is 1.51. The van der Waals surface area contributed by atoms with Crippen molar-refractivity contribution in [2.75, 3.05) is 0 Å². The van der Waals surface area contributed by atoms with E-state index in [1.54, 1.807) is 12.1 Å². The molecule has 0 heterocycles. The summed E-state index contributed by atoms with van der Waals surface area (Å²) in [5.74, 6) is 0. The van der Waals surface area contributed by atoms with Gasteiger partial charge in [-0.2, -0.15) is 0 Å². The lowest BCUT2D eigenvalue weighted by atomic mass is 10.2. The Morgan fingerprint density at radius 1 is 1.36 bits per heavy atom. The van der Waals surface area contributed by atoms with E-state index in [-0.39, 0.29) is 6.61 Å². The summed E-state index contributed by atoms with van der Waals surface area (Å²) >= 11 is 14.7. The molecular formula is C7H5BrCl2O. The summed E-state index contributed by atoms with van der Waals surface area (Å²) in [6, 6.07) is 3.37. The minimum Gasteiger partial charge on any atom is -0.392 e. The lowest BCUT2D eigenvalue weighted by Crippen LogP contribution is -1.85. The Labute approximate surface area is 83.1 Å². The van der Waals surface area contributed by atoms with E-state index < -0.39 is 0 Å². The standard InChI is InChI=1S/C7H5BrCl2O/c8-6-5(9)2-1-4(3-11)7(6)10/h1-2,11H,3H2. The van der Waals surface area contributed by atoms with Crippen LogP contribution in [0.1, 0.15) is 5.56 Å². The molecule has 0 saturated carbocycles. The molecule has 0 radical (unpaired) electrons. The largest absolute Gasteiger partial charge is 0.392 e. The van der Waals surface area contributed by atoms with E-state index in [0.717, 1.165) is 0 Å². The Bertz CT molecular complexity index is 275. The maximum atomic E-state index is 8.79. The van der Waals surface area contributed by atoms with Crippen molar-refractivity contribution in [3.8, 4) is 0 Å². The lowest BCUT2D eigenvalue weighted by molar-refractivity contribution is 0.282. The highest BCUT2D eigenvalue weighted by Gasteiger charge is 2.06. The first kappa shape index (κ1) is 9.33. The van der Waals surface area contributed by atoms with Gasteiger partial charge in [-0.15, -0.1) is 0 Å². The molecule has 1 aromatic rings. The van der Waals surface area contributed by atoms with E-state index in [4.69, 9.17) is 28.3 Å². The summed E-state index contributed by atoms with van der Waals surface area (Å²) < 4.78 is 0.632. The van der Waals surface area contributed by atoms with Gasteiger partial charge in [-0.25, -0.2) is 0 Å². The van der Waals surface area contributed by atoms with Crippen molar-refractivity contribution in [1.29, 1.82) is 0 Å². The molecule has 0 bridgehead atoms. The first-order valence-corrected chi connectivity index (χ1v) is 4.45. The van der Waals surface area contributed by atoms with Gasteiger partial charge in [0.05, 0.1) is 21.1 Å². The molecule has 1 rings (SSSR count). The average molecular weight is 256 g/mol. The van der Waals surface area contributed by atoms with Gasteiger partial charge in [-0.3, -0.25) is 0 Å². The number of halogens is 3. The topological polar surface area (TPSA) is 20.2 Å². The van der Waals surface area contributed by atoms with Crippen LogP contribution in [0.4, 0.5) is 0 Å². The van der Waals surface area contributed by atoms with Crippen LogP contribution >= 0.6 is 39.1 Å². The number of rotatable bonds is 1. The Hall–Kier alpha value is 0.240. The maximum absolute atomic E-state index is 8.79. The van der Waals surface area contributed by atoms with E-state index in [0.29, 0.717) is 20.1 Å². The molecule has 60 valence electrons. The molecule has 0 amide bonds. The monoisotopic (exact) mass is 254 g/mol. The van der Waals surface area contributed by atoms with Crippen molar-refractivity contribution in [1.82, 2.24) is 0 Å². The zero-order valence-electron chi connectivity index (χ0n) is 5.44. The third kappa shape index (κ3) is 1.88. The second kappa shape index (κ2) is 3.76. The van der Waals surface area contributed by atoms with Crippen molar-refractivity contribution in [2.24, 2.45) is 0 Å². The van der Waals surface area contributed by atoms with E-state index in [1.165, 1.54) is 0 Å². The highest BCUT2D eigenvalue weighted by Crippen LogP contribution is 2.32. The number of aliphatic hydroxyl groups excluding tert-OH is 1. The van der Waals surface area contributed by atoms with Crippen LogP contribution in [0.2, 0.25) is 10.0 Å². The van der Waals surface area contributed by atoms with Gasteiger partial charge < -0.3 is 5.11 Å². The zero-order chi connectivity index (χ0) is 8.43. The minimum absolute atomic E-state index is 0.0748. The Balaban J connectivity index is 3.25. The highest BCUT2D eigenvalue weighted by molar-refractivity contribution is 9.10. The lowest BCUT2D eigenvalue weighted by Gasteiger charge is -2.03. The predicted molar refractivity (Wildman–Crippen MR) is 50.1 cm³/mol. The van der Waals surface area contributed by atoms with Crippen LogP contribution in [0.15, 0.2) is 16.6 Å². The molecular weight excluding hydrogens is 251 g/mol. The Morgan fingerprint density at radius 3 is 2.55 bits per heavy atom. The molecule has 1 aromatic carbocycles. The van der Waals surface area contributed by atoms with Crippen molar-refractivity contribution in [2.45, 2.75) is 6.61 Å². The summed E-state index contributed by atoms with van der Waals surface area (Å²) in [6.07, 6.45) is 0. The quantitative estimate of drug-likeness (QED) is 0.764. The second-order valence-corrected chi connectivity index (χ2v) is 3.57. The fraction of sp³-hybridized carbons (Fsp3) is 0.143. The molecule has 0 spiro atoms. The summed E-state index contributed by atoms with van der Waals surface area (Å²) in [5, 5.41) is 9.81. The van der Waals surface area contributed by atoms with Gasteiger partial charge in [0.1, 0.15) is 0 Å². The first-order chi connectivity index (χ1) is 5.16. The molecule has 0 aliphatic heterocycles. The van der Waals surface area contributed by atoms with Gasteiger partial charge in [-0.1, -0.05) is 29.3 Å². The third-order valence-corrected chi connectivity index (χ3v) is 3.31. The molecule has 0 aromatic heterocycles. The summed E-state index contributed by atoms with van der Waals surface area (Å²) in [7, 11) is 0. The van der Waals surface area contributed by atoms with Crippen LogP contribution < -0.4 is 0 Å². The summed E-state index contributed by atoms with van der Waals surface area (Å²) in [4.78, 5) is 0. The molecule has 0 atom stereocenters. The second-order valence-electron chi connectivity index (χ2n) is 1.99. The van der Waals surface area contributed by atoms with Crippen LogP contribution in [0.3, 0.4) is 0 Å². The molecule has 0 saturated heterocycles. The number of benzene rings is 1. The normalized spacial score (nSPS) is 10.2. The Morgan fingerprint density at radius 2 is 2.00 bits per heavy atom. The number of aliphatic hydroxyl groups is 1. The summed E-state index contributed by atoms with van der Waals surface area (Å²) in [5.41, 5.74) is 0.669. The van der Waals surface area contributed by atoms with Gasteiger partial charge in [0.2, 0.25) is 0 Å². The van der Waals surface area contributed by atoms with Gasteiger partial charge >= 0.3 is 0 Å². The van der Waals surface area contributed by atoms with Gasteiger partial charge in [0, 0.05) is 0 Å². The molecule has 0 aliphatic carbocycles. The van der Waals surface area contributed by atoms with Gasteiger partial charge in [0.25, 0.3) is 0 Å². The smallest absolute Gasteiger partial charge is 0.0696 e. The highest BCUT2D eigenvalue weighted by atomic mass is 79.9. The van der Waals surface area contributed by atoms with Crippen molar-refractivity contribution in [3.63, 3.8) is 0 Å². The van der Waals surface area contributed by atoms with Crippen molar-refractivity contribution < 1.29 is 5.11 Å². The fourth-order valence-electron chi connectivity index (χ4n) is 0.688. The predicted octanol–water partition coefficient (Wildman–Crippen LogP) is 3.25. The maximum Gasteiger partial charge on any atom is 0.0696 e. The molecule has 4 heteroatoms. The SMILES string of the molecule is OCc1ccc(Cl)c(Br)c1Cl. The van der Waals surface area contributed by atoms with Crippen LogP contribution in [-0.2, 0) is 6.61 Å². The average Bonchev–Trinajstić information content (AvgIpc) is 2.01. The molecule has 11 heavy (non-hydrogen) atoms. The van der Waals surface area contributed by atoms with Crippen molar-refractivity contribution >= 4 is 39.1 Å². The Kier molecular flexibility index (Phi) is 3.19. The molecule has 0 fully saturated rings. The van der Waals surface area contributed by atoms with Crippen LogP contribution in [0, 0.1) is 0 Å². The molecule has 0 aliphatic rings. The molecule has 1 nitrogen and oxygen atoms in total. The van der Waals surface area contributed by atoms with Crippen LogP contribution in [0.25, 0.3) is 0 Å². The van der Waals surface area contributed by atoms with E-state index >= 15 is 0 Å².